The van der Waals surface area contributed by atoms with Crippen molar-refractivity contribution in [1.82, 2.24) is 4.98 Å². The fourth-order valence-electron chi connectivity index (χ4n) is 1.29. The van der Waals surface area contributed by atoms with E-state index in [9.17, 15) is 4.39 Å². The van der Waals surface area contributed by atoms with Crippen LogP contribution in [0.15, 0.2) is 18.2 Å². The third-order valence-electron chi connectivity index (χ3n) is 2.03. The van der Waals surface area contributed by atoms with Crippen molar-refractivity contribution in [3.63, 3.8) is 0 Å². The molecule has 0 saturated carbocycles. The molecule has 0 fully saturated rings. The molecule has 2 aromatic rings. The van der Waals surface area contributed by atoms with Crippen molar-refractivity contribution in [2.24, 2.45) is 5.73 Å². The monoisotopic (exact) mass is 225 g/mol. The molecule has 80 valence electrons. The van der Waals surface area contributed by atoms with Crippen LogP contribution in [0.2, 0.25) is 0 Å². The number of nitrogens with two attached hydrogens (primary N) is 1. The maximum absolute atomic E-state index is 13.3. The largest absolute Gasteiger partial charge is 0.361 e. The molecule has 15 heavy (non-hydrogen) atoms. The number of hydrogen-bond donors (Lipinski definition) is 2. The predicted molar refractivity (Wildman–Crippen MR) is 61.7 cm³/mol. The molecule has 0 bridgehead atoms. The van der Waals surface area contributed by atoms with Gasteiger partial charge in [0.1, 0.15) is 11.3 Å². The van der Waals surface area contributed by atoms with Gasteiger partial charge in [0, 0.05) is 6.54 Å². The lowest BCUT2D eigenvalue weighted by Crippen LogP contribution is -2.07. The second-order valence-corrected chi connectivity index (χ2v) is 4.21. The van der Waals surface area contributed by atoms with Crippen molar-refractivity contribution in [2.45, 2.75) is 6.42 Å². The SMILES string of the molecule is NCCCNc1nc2c(F)cccc2s1. The molecule has 0 unspecified atom stereocenters. The van der Waals surface area contributed by atoms with Crippen LogP contribution >= 0.6 is 11.3 Å². The van der Waals surface area contributed by atoms with Gasteiger partial charge >= 0.3 is 0 Å². The summed E-state index contributed by atoms with van der Waals surface area (Å²) >= 11 is 1.46. The molecule has 0 aliphatic carbocycles. The molecule has 0 atom stereocenters. The van der Waals surface area contributed by atoms with Gasteiger partial charge in [0.05, 0.1) is 4.70 Å². The fraction of sp³-hybridized carbons (Fsp3) is 0.300. The summed E-state index contributed by atoms with van der Waals surface area (Å²) in [6, 6.07) is 4.98. The van der Waals surface area contributed by atoms with Crippen molar-refractivity contribution in [3.8, 4) is 0 Å². The standard InChI is InChI=1S/C10H12FN3S/c11-7-3-1-4-8-9(7)14-10(15-8)13-6-2-5-12/h1,3-4H,2,5-6,12H2,(H,13,14). The van der Waals surface area contributed by atoms with Gasteiger partial charge in [0.15, 0.2) is 5.13 Å². The summed E-state index contributed by atoms with van der Waals surface area (Å²) in [4.78, 5) is 4.18. The number of hydrogen-bond acceptors (Lipinski definition) is 4. The highest BCUT2D eigenvalue weighted by atomic mass is 32.1. The molecule has 0 saturated heterocycles. The summed E-state index contributed by atoms with van der Waals surface area (Å²) in [5.41, 5.74) is 5.82. The quantitative estimate of drug-likeness (QED) is 0.784. The lowest BCUT2D eigenvalue weighted by Gasteiger charge is -1.98. The number of halogens is 1. The first kappa shape index (κ1) is 10.3. The lowest BCUT2D eigenvalue weighted by atomic mass is 10.3. The zero-order chi connectivity index (χ0) is 10.7. The van der Waals surface area contributed by atoms with Crippen molar-refractivity contribution in [2.75, 3.05) is 18.4 Å². The first-order valence-electron chi connectivity index (χ1n) is 4.80. The average Bonchev–Trinajstić information content (AvgIpc) is 2.63. The van der Waals surface area contributed by atoms with Gasteiger partial charge in [-0.2, -0.15) is 0 Å². The van der Waals surface area contributed by atoms with Gasteiger partial charge in [0.25, 0.3) is 0 Å². The number of nitrogens with zero attached hydrogens (tertiary/aromatic N) is 1. The van der Waals surface area contributed by atoms with E-state index in [1.807, 2.05) is 6.07 Å². The third kappa shape index (κ3) is 2.24. The molecule has 1 aromatic heterocycles. The molecule has 3 N–H and O–H groups in total. The Morgan fingerprint density at radius 3 is 3.07 bits per heavy atom. The topological polar surface area (TPSA) is 50.9 Å². The number of anilines is 1. The Labute approximate surface area is 91.1 Å². The Morgan fingerprint density at radius 1 is 1.47 bits per heavy atom. The highest BCUT2D eigenvalue weighted by Crippen LogP contribution is 2.27. The van der Waals surface area contributed by atoms with Gasteiger partial charge in [-0.1, -0.05) is 17.4 Å². The zero-order valence-corrected chi connectivity index (χ0v) is 8.98. The van der Waals surface area contributed by atoms with Crippen LogP contribution in [0, 0.1) is 5.82 Å². The first-order chi connectivity index (χ1) is 7.31. The summed E-state index contributed by atoms with van der Waals surface area (Å²) in [6.07, 6.45) is 0.887. The molecular weight excluding hydrogens is 213 g/mol. The van der Waals surface area contributed by atoms with Crippen molar-refractivity contribution in [3.05, 3.63) is 24.0 Å². The van der Waals surface area contributed by atoms with E-state index >= 15 is 0 Å². The number of aromatic nitrogens is 1. The molecule has 5 heteroatoms. The van der Waals surface area contributed by atoms with E-state index in [0.717, 1.165) is 22.8 Å². The van der Waals surface area contributed by atoms with E-state index in [2.05, 4.69) is 10.3 Å². The third-order valence-corrected chi connectivity index (χ3v) is 3.01. The van der Waals surface area contributed by atoms with Gasteiger partial charge in [0.2, 0.25) is 0 Å². The highest BCUT2D eigenvalue weighted by Gasteiger charge is 2.06. The smallest absolute Gasteiger partial charge is 0.183 e. The Morgan fingerprint density at radius 2 is 2.33 bits per heavy atom. The van der Waals surface area contributed by atoms with Crippen LogP contribution in [0.4, 0.5) is 9.52 Å². The van der Waals surface area contributed by atoms with Gasteiger partial charge < -0.3 is 11.1 Å². The van der Waals surface area contributed by atoms with Gasteiger partial charge in [-0.25, -0.2) is 9.37 Å². The van der Waals surface area contributed by atoms with Crippen molar-refractivity contribution >= 4 is 26.7 Å². The fourth-order valence-corrected chi connectivity index (χ4v) is 2.19. The number of fused-ring (bicyclic) bond motifs is 1. The molecule has 3 nitrogen and oxygen atoms in total. The van der Waals surface area contributed by atoms with E-state index in [-0.39, 0.29) is 5.82 Å². The number of para-hydroxylation sites is 1. The maximum Gasteiger partial charge on any atom is 0.183 e. The van der Waals surface area contributed by atoms with E-state index in [4.69, 9.17) is 5.73 Å². The van der Waals surface area contributed by atoms with Crippen molar-refractivity contribution in [1.29, 1.82) is 0 Å². The van der Waals surface area contributed by atoms with Gasteiger partial charge in [-0.3, -0.25) is 0 Å². The minimum absolute atomic E-state index is 0.268. The first-order valence-corrected chi connectivity index (χ1v) is 5.62. The molecular formula is C10H12FN3S. The summed E-state index contributed by atoms with van der Waals surface area (Å²) in [5, 5.41) is 3.88. The van der Waals surface area contributed by atoms with E-state index < -0.39 is 0 Å². The van der Waals surface area contributed by atoms with E-state index in [0.29, 0.717) is 12.1 Å². The second-order valence-electron chi connectivity index (χ2n) is 3.17. The molecule has 0 spiro atoms. The Hall–Kier alpha value is -1.20. The minimum atomic E-state index is -0.268. The van der Waals surface area contributed by atoms with Gasteiger partial charge in [-0.15, -0.1) is 0 Å². The Bertz CT molecular complexity index is 455. The van der Waals surface area contributed by atoms with Crippen LogP contribution in [0.1, 0.15) is 6.42 Å². The van der Waals surface area contributed by atoms with Crippen LogP contribution in [0.3, 0.4) is 0 Å². The summed E-state index contributed by atoms with van der Waals surface area (Å²) in [5.74, 6) is -0.268. The van der Waals surface area contributed by atoms with Crippen LogP contribution in [-0.4, -0.2) is 18.1 Å². The molecule has 1 heterocycles. The molecule has 2 rings (SSSR count). The Balaban J connectivity index is 2.20. The molecule has 0 amide bonds. The minimum Gasteiger partial charge on any atom is -0.361 e. The molecule has 0 aliphatic rings. The van der Waals surface area contributed by atoms with Crippen LogP contribution in [0.5, 0.6) is 0 Å². The highest BCUT2D eigenvalue weighted by molar-refractivity contribution is 7.22. The normalized spacial score (nSPS) is 10.8. The van der Waals surface area contributed by atoms with Crippen molar-refractivity contribution < 1.29 is 4.39 Å². The van der Waals surface area contributed by atoms with Gasteiger partial charge in [-0.05, 0) is 25.1 Å². The van der Waals surface area contributed by atoms with Crippen LogP contribution < -0.4 is 11.1 Å². The molecule has 0 radical (unpaired) electrons. The number of nitrogens with one attached hydrogen (secondary N) is 1. The van der Waals surface area contributed by atoms with Crippen LogP contribution in [-0.2, 0) is 0 Å². The average molecular weight is 225 g/mol. The summed E-state index contributed by atoms with van der Waals surface area (Å²) in [6.45, 7) is 1.42. The Kier molecular flexibility index (Phi) is 3.13. The molecule has 1 aromatic carbocycles. The lowest BCUT2D eigenvalue weighted by molar-refractivity contribution is 0.637. The summed E-state index contributed by atoms with van der Waals surface area (Å²) in [7, 11) is 0. The zero-order valence-electron chi connectivity index (χ0n) is 8.16. The van der Waals surface area contributed by atoms with Crippen LogP contribution in [0.25, 0.3) is 10.2 Å². The number of thiazole rings is 1. The van der Waals surface area contributed by atoms with E-state index in [1.54, 1.807) is 6.07 Å². The summed E-state index contributed by atoms with van der Waals surface area (Å²) < 4.78 is 14.2. The number of benzene rings is 1. The molecule has 0 aliphatic heterocycles. The maximum atomic E-state index is 13.3. The second kappa shape index (κ2) is 4.55. The predicted octanol–water partition coefficient (Wildman–Crippen LogP) is 2.20. The van der Waals surface area contributed by atoms with E-state index in [1.165, 1.54) is 17.4 Å². The number of rotatable bonds is 4.